The van der Waals surface area contributed by atoms with E-state index in [4.69, 9.17) is 15.2 Å². The van der Waals surface area contributed by atoms with Crippen molar-refractivity contribution in [3.63, 3.8) is 0 Å². The first kappa shape index (κ1) is 22.5. The van der Waals surface area contributed by atoms with Crippen LogP contribution in [-0.4, -0.2) is 44.5 Å². The van der Waals surface area contributed by atoms with Gasteiger partial charge in [-0.05, 0) is 56.3 Å². The summed E-state index contributed by atoms with van der Waals surface area (Å²) in [4.78, 5) is 37.6. The van der Waals surface area contributed by atoms with Gasteiger partial charge < -0.3 is 20.1 Å². The van der Waals surface area contributed by atoms with E-state index < -0.39 is 17.7 Å². The number of primary amides is 1. The van der Waals surface area contributed by atoms with E-state index in [0.29, 0.717) is 5.56 Å². The van der Waals surface area contributed by atoms with Gasteiger partial charge in [0.25, 0.3) is 17.7 Å². The van der Waals surface area contributed by atoms with Crippen LogP contribution in [0.3, 0.4) is 0 Å². The summed E-state index contributed by atoms with van der Waals surface area (Å²) in [5.41, 5.74) is 11.5. The molecule has 0 saturated heterocycles. The van der Waals surface area contributed by atoms with Crippen molar-refractivity contribution in [1.29, 1.82) is 0 Å². The summed E-state index contributed by atoms with van der Waals surface area (Å²) in [6.45, 7) is 5.54. The van der Waals surface area contributed by atoms with Gasteiger partial charge in [-0.15, -0.1) is 0 Å². The number of anilines is 1. The molecule has 0 aliphatic heterocycles. The van der Waals surface area contributed by atoms with Crippen molar-refractivity contribution < 1.29 is 23.9 Å². The molecule has 0 atom stereocenters. The molecule has 0 aliphatic carbocycles. The largest absolute Gasteiger partial charge is 0.493 e. The molecule has 2 aromatic rings. The Morgan fingerprint density at radius 3 is 2.00 bits per heavy atom. The fraction of sp³-hybridized carbons (Fsp3) is 0.286. The SMILES string of the molecule is CCN(CC)c1ccc(C(=O)NNC(=O)c2ccc(OCC(N)=O)c(OC)c2)cc1. The van der Waals surface area contributed by atoms with Crippen LogP contribution in [0, 0.1) is 0 Å². The Kier molecular flexibility index (Phi) is 8.04. The molecule has 30 heavy (non-hydrogen) atoms. The normalized spacial score (nSPS) is 10.1. The maximum atomic E-state index is 12.3. The lowest BCUT2D eigenvalue weighted by Crippen LogP contribution is -2.41. The van der Waals surface area contributed by atoms with Gasteiger partial charge in [-0.2, -0.15) is 0 Å². The minimum absolute atomic E-state index is 0.232. The lowest BCUT2D eigenvalue weighted by molar-refractivity contribution is -0.119. The molecule has 0 aliphatic rings. The minimum atomic E-state index is -0.633. The third kappa shape index (κ3) is 5.87. The highest BCUT2D eigenvalue weighted by Gasteiger charge is 2.13. The number of hydrazine groups is 1. The Morgan fingerprint density at radius 2 is 1.47 bits per heavy atom. The average molecular weight is 414 g/mol. The summed E-state index contributed by atoms with van der Waals surface area (Å²) in [6.07, 6.45) is 0. The molecule has 9 nitrogen and oxygen atoms in total. The van der Waals surface area contributed by atoms with Crippen LogP contribution in [0.1, 0.15) is 34.6 Å². The lowest BCUT2D eigenvalue weighted by atomic mass is 10.2. The second-order valence-corrected chi connectivity index (χ2v) is 6.25. The van der Waals surface area contributed by atoms with E-state index >= 15 is 0 Å². The molecule has 160 valence electrons. The van der Waals surface area contributed by atoms with Crippen molar-refractivity contribution >= 4 is 23.4 Å². The molecule has 0 radical (unpaired) electrons. The third-order valence-electron chi connectivity index (χ3n) is 4.34. The molecule has 4 N–H and O–H groups in total. The number of methoxy groups -OCH3 is 1. The molecule has 0 unspecified atom stereocenters. The maximum absolute atomic E-state index is 12.3. The highest BCUT2D eigenvalue weighted by atomic mass is 16.5. The van der Waals surface area contributed by atoms with Gasteiger partial charge in [0.2, 0.25) is 0 Å². The lowest BCUT2D eigenvalue weighted by Gasteiger charge is -2.21. The molecule has 0 fully saturated rings. The first-order valence-corrected chi connectivity index (χ1v) is 9.44. The monoisotopic (exact) mass is 414 g/mol. The Hall–Kier alpha value is -3.75. The van der Waals surface area contributed by atoms with E-state index in [0.717, 1.165) is 18.8 Å². The summed E-state index contributed by atoms with van der Waals surface area (Å²) in [7, 11) is 1.40. The van der Waals surface area contributed by atoms with Crippen LogP contribution in [0.2, 0.25) is 0 Å². The van der Waals surface area contributed by atoms with Crippen LogP contribution in [0.25, 0.3) is 0 Å². The van der Waals surface area contributed by atoms with Crippen molar-refractivity contribution in [2.45, 2.75) is 13.8 Å². The van der Waals surface area contributed by atoms with Crippen LogP contribution < -0.4 is 31.0 Å². The van der Waals surface area contributed by atoms with E-state index in [1.54, 1.807) is 12.1 Å². The quantitative estimate of drug-likeness (QED) is 0.534. The fourth-order valence-electron chi connectivity index (χ4n) is 2.75. The van der Waals surface area contributed by atoms with Crippen LogP contribution >= 0.6 is 0 Å². The second kappa shape index (κ2) is 10.7. The van der Waals surface area contributed by atoms with Gasteiger partial charge in [-0.1, -0.05) is 0 Å². The fourth-order valence-corrected chi connectivity index (χ4v) is 2.75. The average Bonchev–Trinajstić information content (AvgIpc) is 2.76. The Bertz CT molecular complexity index is 895. The van der Waals surface area contributed by atoms with Crippen molar-refractivity contribution in [2.75, 3.05) is 31.7 Å². The summed E-state index contributed by atoms with van der Waals surface area (Å²) < 4.78 is 10.4. The summed E-state index contributed by atoms with van der Waals surface area (Å²) >= 11 is 0. The molecule has 0 saturated carbocycles. The van der Waals surface area contributed by atoms with Crippen LogP contribution in [-0.2, 0) is 4.79 Å². The number of amides is 3. The Morgan fingerprint density at radius 1 is 0.900 bits per heavy atom. The number of carbonyl (C=O) groups excluding carboxylic acids is 3. The summed E-state index contributed by atoms with van der Waals surface area (Å²) in [6, 6.07) is 11.5. The van der Waals surface area contributed by atoms with E-state index in [9.17, 15) is 14.4 Å². The van der Waals surface area contributed by atoms with Gasteiger partial charge in [0.1, 0.15) is 0 Å². The van der Waals surface area contributed by atoms with Gasteiger partial charge in [-0.3, -0.25) is 25.2 Å². The smallest absolute Gasteiger partial charge is 0.269 e. The van der Waals surface area contributed by atoms with Crippen LogP contribution in [0.5, 0.6) is 11.5 Å². The molecule has 2 aromatic carbocycles. The van der Waals surface area contributed by atoms with Crippen molar-refractivity contribution in [3.8, 4) is 11.5 Å². The Labute approximate surface area is 175 Å². The number of ether oxygens (including phenoxy) is 2. The molecule has 0 spiro atoms. The predicted octanol–water partition coefficient (Wildman–Crippen LogP) is 1.48. The van der Waals surface area contributed by atoms with Crippen LogP contribution in [0.15, 0.2) is 42.5 Å². The number of benzene rings is 2. The van der Waals surface area contributed by atoms with E-state index in [1.165, 1.54) is 25.3 Å². The summed E-state index contributed by atoms with van der Waals surface area (Å²) in [5.74, 6) is -1.09. The van der Waals surface area contributed by atoms with Crippen molar-refractivity contribution in [3.05, 3.63) is 53.6 Å². The molecular formula is C21H26N4O5. The third-order valence-corrected chi connectivity index (χ3v) is 4.34. The molecule has 0 heterocycles. The molecule has 0 aromatic heterocycles. The number of nitrogens with one attached hydrogen (secondary N) is 2. The highest BCUT2D eigenvalue weighted by molar-refractivity contribution is 5.99. The van der Waals surface area contributed by atoms with Gasteiger partial charge >= 0.3 is 0 Å². The zero-order valence-corrected chi connectivity index (χ0v) is 17.2. The molecule has 3 amide bonds. The predicted molar refractivity (Wildman–Crippen MR) is 113 cm³/mol. The number of rotatable bonds is 9. The second-order valence-electron chi connectivity index (χ2n) is 6.25. The van der Waals surface area contributed by atoms with E-state index in [-0.39, 0.29) is 23.7 Å². The highest BCUT2D eigenvalue weighted by Crippen LogP contribution is 2.28. The van der Waals surface area contributed by atoms with Gasteiger partial charge in [0.05, 0.1) is 7.11 Å². The van der Waals surface area contributed by atoms with E-state index in [1.807, 2.05) is 12.1 Å². The number of hydrogen-bond acceptors (Lipinski definition) is 6. The molecule has 9 heteroatoms. The first-order chi connectivity index (χ1) is 14.4. The number of nitrogens with zero attached hydrogens (tertiary/aromatic N) is 1. The number of carbonyl (C=O) groups is 3. The molecular weight excluding hydrogens is 388 g/mol. The van der Waals surface area contributed by atoms with Crippen molar-refractivity contribution in [1.82, 2.24) is 10.9 Å². The number of hydrogen-bond donors (Lipinski definition) is 3. The maximum Gasteiger partial charge on any atom is 0.269 e. The van der Waals surface area contributed by atoms with Gasteiger partial charge in [0, 0.05) is 29.9 Å². The zero-order valence-electron chi connectivity index (χ0n) is 17.2. The van der Waals surface area contributed by atoms with Gasteiger partial charge in [0.15, 0.2) is 18.1 Å². The molecule has 0 bridgehead atoms. The Balaban J connectivity index is 1.99. The van der Waals surface area contributed by atoms with Crippen LogP contribution in [0.4, 0.5) is 5.69 Å². The zero-order chi connectivity index (χ0) is 22.1. The molecule has 2 rings (SSSR count). The van der Waals surface area contributed by atoms with Gasteiger partial charge in [-0.25, -0.2) is 0 Å². The standard InChI is InChI=1S/C21H26N4O5/c1-4-25(5-2)16-9-6-14(7-10-16)20(27)23-24-21(28)15-8-11-17(18(12-15)29-3)30-13-19(22)26/h6-12H,4-5,13H2,1-3H3,(H2,22,26)(H,23,27)(H,24,28). The van der Waals surface area contributed by atoms with E-state index in [2.05, 4.69) is 29.6 Å². The summed E-state index contributed by atoms with van der Waals surface area (Å²) in [5, 5.41) is 0. The first-order valence-electron chi connectivity index (χ1n) is 9.44. The topological polar surface area (TPSA) is 123 Å². The van der Waals surface area contributed by atoms with Crippen molar-refractivity contribution in [2.24, 2.45) is 5.73 Å². The minimum Gasteiger partial charge on any atom is -0.493 e. The number of nitrogens with two attached hydrogens (primary N) is 1.